The molecule has 0 saturated carbocycles. The Hall–Kier alpha value is -2.50. The molecular formula is C12H13NO5. The molecule has 1 aromatic rings. The molecule has 0 amide bonds. The van der Waals surface area contributed by atoms with Crippen LogP contribution in [-0.2, 0) is 9.53 Å². The number of carbonyl (C=O) groups is 2. The molecule has 0 fully saturated rings. The van der Waals surface area contributed by atoms with Gasteiger partial charge in [0.15, 0.2) is 0 Å². The number of allylic oxidation sites excluding steroid dienone is 2. The molecule has 0 bridgehead atoms. The van der Waals surface area contributed by atoms with Crippen LogP contribution in [0.2, 0.25) is 0 Å². The van der Waals surface area contributed by atoms with Crippen molar-refractivity contribution in [3.05, 3.63) is 35.6 Å². The third kappa shape index (κ3) is 3.82. The second-order valence-electron chi connectivity index (χ2n) is 3.20. The third-order valence-electron chi connectivity index (χ3n) is 1.89. The van der Waals surface area contributed by atoms with Crippen LogP contribution in [0.5, 0.6) is 0 Å². The van der Waals surface area contributed by atoms with Gasteiger partial charge in [0, 0.05) is 12.1 Å². The summed E-state index contributed by atoms with van der Waals surface area (Å²) in [6, 6.07) is 1.43. The van der Waals surface area contributed by atoms with Gasteiger partial charge in [-0.15, -0.1) is 0 Å². The molecule has 96 valence electrons. The molecule has 0 aliphatic heterocycles. The van der Waals surface area contributed by atoms with E-state index in [1.54, 1.807) is 6.92 Å². The van der Waals surface area contributed by atoms with Gasteiger partial charge in [0.1, 0.15) is 11.3 Å². The highest BCUT2D eigenvalue weighted by atomic mass is 16.5. The Bertz CT molecular complexity index is 499. The van der Waals surface area contributed by atoms with E-state index < -0.39 is 11.9 Å². The zero-order chi connectivity index (χ0) is 13.5. The second-order valence-corrected chi connectivity index (χ2v) is 3.20. The summed E-state index contributed by atoms with van der Waals surface area (Å²) < 4.78 is 9.88. The number of carboxylic acid groups (broad SMARTS) is 1. The van der Waals surface area contributed by atoms with Crippen molar-refractivity contribution in [1.82, 2.24) is 0 Å². The molecule has 0 aliphatic rings. The number of ether oxygens (including phenoxy) is 1. The fourth-order valence-electron chi connectivity index (χ4n) is 1.16. The summed E-state index contributed by atoms with van der Waals surface area (Å²) >= 11 is 0. The number of nitrogens with two attached hydrogens (primary N) is 1. The van der Waals surface area contributed by atoms with E-state index in [0.29, 0.717) is 5.76 Å². The first-order chi connectivity index (χ1) is 8.54. The zero-order valence-corrected chi connectivity index (χ0v) is 9.75. The lowest BCUT2D eigenvalue weighted by Gasteiger charge is -1.97. The molecule has 1 aromatic heterocycles. The third-order valence-corrected chi connectivity index (χ3v) is 1.89. The zero-order valence-electron chi connectivity index (χ0n) is 9.75. The van der Waals surface area contributed by atoms with Gasteiger partial charge in [0.25, 0.3) is 0 Å². The maximum atomic E-state index is 11.4. The number of rotatable bonds is 5. The van der Waals surface area contributed by atoms with Crippen molar-refractivity contribution in [3.63, 3.8) is 0 Å². The van der Waals surface area contributed by atoms with Crippen LogP contribution in [0.3, 0.4) is 0 Å². The Kier molecular flexibility index (Phi) is 4.74. The lowest BCUT2D eigenvalue weighted by Crippen LogP contribution is -2.05. The summed E-state index contributed by atoms with van der Waals surface area (Å²) in [6.07, 6.45) is 5.24. The van der Waals surface area contributed by atoms with Crippen LogP contribution in [0.15, 0.2) is 28.7 Å². The number of aliphatic carboxylic acids is 1. The van der Waals surface area contributed by atoms with Crippen molar-refractivity contribution in [2.75, 3.05) is 12.3 Å². The standard InChI is InChI=1S/C12H13NO5/c1-2-17-12(16)9-7-8(18-11(9)13)5-3-4-6-10(14)15/h3-7H,2,13H2,1H3,(H,14,15)/b5-3+,6-4+. The Morgan fingerprint density at radius 2 is 2.22 bits per heavy atom. The van der Waals surface area contributed by atoms with Gasteiger partial charge >= 0.3 is 11.9 Å². The predicted molar refractivity (Wildman–Crippen MR) is 64.9 cm³/mol. The minimum Gasteiger partial charge on any atom is -0.478 e. The number of nitrogen functional groups attached to an aromatic ring is 1. The summed E-state index contributed by atoms with van der Waals surface area (Å²) in [4.78, 5) is 21.6. The van der Waals surface area contributed by atoms with Crippen LogP contribution in [0.4, 0.5) is 5.88 Å². The minimum atomic E-state index is -1.05. The van der Waals surface area contributed by atoms with Crippen LogP contribution in [0.1, 0.15) is 23.0 Å². The van der Waals surface area contributed by atoms with Crippen LogP contribution in [0, 0.1) is 0 Å². The predicted octanol–water partition coefficient (Wildman–Crippen LogP) is 1.69. The van der Waals surface area contributed by atoms with Crippen molar-refractivity contribution in [1.29, 1.82) is 0 Å². The molecule has 6 nitrogen and oxygen atoms in total. The number of anilines is 1. The molecule has 1 heterocycles. The summed E-state index contributed by atoms with van der Waals surface area (Å²) in [6.45, 7) is 1.93. The Balaban J connectivity index is 2.78. The molecule has 6 heteroatoms. The van der Waals surface area contributed by atoms with Gasteiger partial charge in [-0.1, -0.05) is 12.2 Å². The molecular weight excluding hydrogens is 238 g/mol. The molecule has 0 radical (unpaired) electrons. The quantitative estimate of drug-likeness (QED) is 0.469. The number of esters is 1. The van der Waals surface area contributed by atoms with Crippen molar-refractivity contribution in [2.45, 2.75) is 6.92 Å². The van der Waals surface area contributed by atoms with Crippen LogP contribution in [-0.4, -0.2) is 23.7 Å². The van der Waals surface area contributed by atoms with E-state index >= 15 is 0 Å². The summed E-state index contributed by atoms with van der Waals surface area (Å²) in [5, 5.41) is 8.37. The largest absolute Gasteiger partial charge is 0.478 e. The average molecular weight is 251 g/mol. The maximum absolute atomic E-state index is 11.4. The number of carbonyl (C=O) groups excluding carboxylic acids is 1. The maximum Gasteiger partial charge on any atom is 0.343 e. The van der Waals surface area contributed by atoms with E-state index in [1.807, 2.05) is 0 Å². The molecule has 3 N–H and O–H groups in total. The van der Waals surface area contributed by atoms with Gasteiger partial charge in [-0.3, -0.25) is 0 Å². The SMILES string of the molecule is CCOC(=O)c1cc(/C=C/C=C/C(=O)O)oc1N. The highest BCUT2D eigenvalue weighted by molar-refractivity contribution is 5.94. The first-order valence-electron chi connectivity index (χ1n) is 5.18. The first-order valence-corrected chi connectivity index (χ1v) is 5.18. The average Bonchev–Trinajstić information content (AvgIpc) is 2.66. The number of hydrogen-bond donors (Lipinski definition) is 2. The van der Waals surface area contributed by atoms with E-state index in [9.17, 15) is 9.59 Å². The number of hydrogen-bond acceptors (Lipinski definition) is 5. The highest BCUT2D eigenvalue weighted by Crippen LogP contribution is 2.19. The fraction of sp³-hybridized carbons (Fsp3) is 0.167. The van der Waals surface area contributed by atoms with Gasteiger partial charge in [0.2, 0.25) is 5.88 Å². The van der Waals surface area contributed by atoms with E-state index in [-0.39, 0.29) is 18.1 Å². The normalized spacial score (nSPS) is 11.2. The van der Waals surface area contributed by atoms with E-state index in [1.165, 1.54) is 24.3 Å². The highest BCUT2D eigenvalue weighted by Gasteiger charge is 2.15. The van der Waals surface area contributed by atoms with Gasteiger partial charge in [-0.05, 0) is 13.0 Å². The van der Waals surface area contributed by atoms with Gasteiger partial charge in [0.05, 0.1) is 6.61 Å². The van der Waals surface area contributed by atoms with Gasteiger partial charge in [-0.25, -0.2) is 9.59 Å². The Labute approximate surface area is 103 Å². The molecule has 0 unspecified atom stereocenters. The lowest BCUT2D eigenvalue weighted by molar-refractivity contribution is -0.131. The smallest absolute Gasteiger partial charge is 0.343 e. The monoisotopic (exact) mass is 251 g/mol. The van der Waals surface area contributed by atoms with Crippen molar-refractivity contribution in [2.24, 2.45) is 0 Å². The fourth-order valence-corrected chi connectivity index (χ4v) is 1.16. The Morgan fingerprint density at radius 1 is 1.50 bits per heavy atom. The van der Waals surface area contributed by atoms with E-state index in [0.717, 1.165) is 6.08 Å². The summed E-state index contributed by atoms with van der Waals surface area (Å²) in [7, 11) is 0. The van der Waals surface area contributed by atoms with Crippen LogP contribution in [0.25, 0.3) is 6.08 Å². The van der Waals surface area contributed by atoms with E-state index in [2.05, 4.69) is 0 Å². The number of carboxylic acids is 1. The van der Waals surface area contributed by atoms with Crippen LogP contribution < -0.4 is 5.73 Å². The molecule has 0 aliphatic carbocycles. The summed E-state index contributed by atoms with van der Waals surface area (Å²) in [5.74, 6) is -1.30. The molecule has 1 rings (SSSR count). The molecule has 0 saturated heterocycles. The molecule has 0 aromatic carbocycles. The lowest BCUT2D eigenvalue weighted by atomic mass is 10.3. The Morgan fingerprint density at radius 3 is 2.83 bits per heavy atom. The van der Waals surface area contributed by atoms with Gasteiger partial charge < -0.3 is 20.0 Å². The van der Waals surface area contributed by atoms with Crippen molar-refractivity contribution >= 4 is 23.9 Å². The van der Waals surface area contributed by atoms with Crippen molar-refractivity contribution in [3.8, 4) is 0 Å². The molecule has 0 atom stereocenters. The second kappa shape index (κ2) is 6.29. The van der Waals surface area contributed by atoms with Gasteiger partial charge in [-0.2, -0.15) is 0 Å². The number of furan rings is 1. The topological polar surface area (TPSA) is 103 Å². The first kappa shape index (κ1) is 13.6. The minimum absolute atomic E-state index is 0.0321. The summed E-state index contributed by atoms with van der Waals surface area (Å²) in [5.41, 5.74) is 5.66. The molecule has 0 spiro atoms. The molecule has 18 heavy (non-hydrogen) atoms. The van der Waals surface area contributed by atoms with Crippen LogP contribution >= 0.6 is 0 Å². The van der Waals surface area contributed by atoms with Crippen molar-refractivity contribution < 1.29 is 23.8 Å². The van der Waals surface area contributed by atoms with E-state index in [4.69, 9.17) is 20.0 Å².